The Morgan fingerprint density at radius 3 is 2.77 bits per heavy atom. The minimum Gasteiger partial charge on any atom is -0.423 e. The summed E-state index contributed by atoms with van der Waals surface area (Å²) in [5, 5.41) is 9.91. The second-order valence-electron chi connectivity index (χ2n) is 4.88. The molecule has 114 valence electrons. The van der Waals surface area contributed by atoms with Crippen LogP contribution in [0.3, 0.4) is 0 Å². The normalized spacial score (nSPS) is 11.2. The Kier molecular flexibility index (Phi) is 3.84. The third kappa shape index (κ3) is 2.69. The Hall–Kier alpha value is -1.99. The number of benzene rings is 1. The molecule has 0 bridgehead atoms. The van der Waals surface area contributed by atoms with Gasteiger partial charge >= 0.3 is 5.63 Å². The van der Waals surface area contributed by atoms with E-state index in [1.165, 1.54) is 22.5 Å². The summed E-state index contributed by atoms with van der Waals surface area (Å²) in [6.45, 7) is 3.63. The Bertz CT molecular complexity index is 919. The van der Waals surface area contributed by atoms with Crippen LogP contribution in [-0.2, 0) is 5.75 Å². The molecule has 2 aromatic heterocycles. The molecule has 0 atom stereocenters. The number of nitrogens with zero attached hydrogens (tertiary/aromatic N) is 3. The second kappa shape index (κ2) is 5.66. The van der Waals surface area contributed by atoms with Gasteiger partial charge in [-0.3, -0.25) is 0 Å². The van der Waals surface area contributed by atoms with E-state index in [1.54, 1.807) is 13.0 Å². The predicted octanol–water partition coefficient (Wildman–Crippen LogP) is 2.66. The van der Waals surface area contributed by atoms with Crippen molar-refractivity contribution < 1.29 is 4.42 Å². The number of halogens is 1. The van der Waals surface area contributed by atoms with Crippen molar-refractivity contribution >= 4 is 34.3 Å². The third-order valence-corrected chi connectivity index (χ3v) is 4.70. The van der Waals surface area contributed by atoms with Gasteiger partial charge in [0.2, 0.25) is 5.16 Å². The topological polar surface area (TPSA) is 86.9 Å². The van der Waals surface area contributed by atoms with E-state index in [-0.39, 0.29) is 0 Å². The number of fused-ring (bicyclic) bond motifs is 1. The standard InChI is InChI=1S/C14H13ClN4O2S/c1-7-3-12-10(5-11(7)15)9(4-13(20)21-12)6-22-14-18-17-8(2)19(14)16/h3-5H,6,16H2,1-2H3. The van der Waals surface area contributed by atoms with E-state index in [9.17, 15) is 4.79 Å². The van der Waals surface area contributed by atoms with Crippen LogP contribution in [-0.4, -0.2) is 14.9 Å². The van der Waals surface area contributed by atoms with Crippen molar-refractivity contribution in [2.75, 3.05) is 5.84 Å². The molecule has 0 aliphatic carbocycles. The second-order valence-corrected chi connectivity index (χ2v) is 6.23. The summed E-state index contributed by atoms with van der Waals surface area (Å²) in [7, 11) is 0. The SMILES string of the molecule is Cc1cc2oc(=O)cc(CSc3nnc(C)n3N)c2cc1Cl. The van der Waals surface area contributed by atoms with Gasteiger partial charge in [0.15, 0.2) is 0 Å². The molecule has 0 aliphatic heterocycles. The number of nitrogens with two attached hydrogens (primary N) is 1. The summed E-state index contributed by atoms with van der Waals surface area (Å²) in [6.07, 6.45) is 0. The number of rotatable bonds is 3. The first kappa shape index (κ1) is 14.9. The molecule has 0 spiro atoms. The van der Waals surface area contributed by atoms with E-state index in [0.717, 1.165) is 16.5 Å². The van der Waals surface area contributed by atoms with Crippen molar-refractivity contribution in [2.45, 2.75) is 24.8 Å². The number of aromatic nitrogens is 3. The highest BCUT2D eigenvalue weighted by Gasteiger charge is 2.11. The molecule has 0 fully saturated rings. The van der Waals surface area contributed by atoms with Crippen LogP contribution in [0.2, 0.25) is 5.02 Å². The maximum Gasteiger partial charge on any atom is 0.336 e. The molecular formula is C14H13ClN4O2S. The molecule has 1 aromatic carbocycles. The molecule has 0 aliphatic rings. The summed E-state index contributed by atoms with van der Waals surface area (Å²) >= 11 is 7.57. The van der Waals surface area contributed by atoms with E-state index in [2.05, 4.69) is 10.2 Å². The number of nitrogen functional groups attached to an aromatic ring is 1. The van der Waals surface area contributed by atoms with Crippen LogP contribution in [0, 0.1) is 13.8 Å². The molecule has 0 saturated carbocycles. The molecule has 0 saturated heterocycles. The van der Waals surface area contributed by atoms with Crippen LogP contribution in [0.4, 0.5) is 0 Å². The third-order valence-electron chi connectivity index (χ3n) is 3.30. The molecule has 2 heterocycles. The molecule has 3 aromatic rings. The van der Waals surface area contributed by atoms with Crippen LogP contribution < -0.4 is 11.5 Å². The van der Waals surface area contributed by atoms with Crippen LogP contribution >= 0.6 is 23.4 Å². The van der Waals surface area contributed by atoms with Gasteiger partial charge in [0.05, 0.1) is 0 Å². The van der Waals surface area contributed by atoms with Gasteiger partial charge in [-0.15, -0.1) is 10.2 Å². The summed E-state index contributed by atoms with van der Waals surface area (Å²) in [4.78, 5) is 11.7. The van der Waals surface area contributed by atoms with Crippen LogP contribution in [0.1, 0.15) is 17.0 Å². The van der Waals surface area contributed by atoms with Crippen molar-refractivity contribution in [3.63, 3.8) is 0 Å². The zero-order valence-electron chi connectivity index (χ0n) is 12.0. The minimum atomic E-state index is -0.393. The molecule has 8 heteroatoms. The number of aryl methyl sites for hydroxylation is 2. The first-order valence-electron chi connectivity index (χ1n) is 6.48. The summed E-state index contributed by atoms with van der Waals surface area (Å²) in [6, 6.07) is 5.04. The lowest BCUT2D eigenvalue weighted by Gasteiger charge is -2.07. The van der Waals surface area contributed by atoms with Gasteiger partial charge in [0, 0.05) is 22.2 Å². The fourth-order valence-electron chi connectivity index (χ4n) is 2.06. The van der Waals surface area contributed by atoms with E-state index in [1.807, 2.05) is 13.0 Å². The molecule has 22 heavy (non-hydrogen) atoms. The lowest BCUT2D eigenvalue weighted by atomic mass is 10.1. The molecule has 0 radical (unpaired) electrons. The fraction of sp³-hybridized carbons (Fsp3) is 0.214. The zero-order valence-corrected chi connectivity index (χ0v) is 13.5. The van der Waals surface area contributed by atoms with Gasteiger partial charge in [-0.1, -0.05) is 23.4 Å². The van der Waals surface area contributed by atoms with Crippen LogP contribution in [0.5, 0.6) is 0 Å². The van der Waals surface area contributed by atoms with Gasteiger partial charge < -0.3 is 10.3 Å². The van der Waals surface area contributed by atoms with Crippen molar-refractivity contribution in [3.05, 3.63) is 50.6 Å². The average molecular weight is 337 g/mol. The Morgan fingerprint density at radius 2 is 2.09 bits per heavy atom. The van der Waals surface area contributed by atoms with Crippen LogP contribution in [0.15, 0.2) is 32.6 Å². The molecule has 2 N–H and O–H groups in total. The fourth-order valence-corrected chi connectivity index (χ4v) is 3.12. The zero-order chi connectivity index (χ0) is 15.9. The lowest BCUT2D eigenvalue weighted by molar-refractivity contribution is 0.559. The molecular weight excluding hydrogens is 324 g/mol. The van der Waals surface area contributed by atoms with Crippen molar-refractivity contribution in [2.24, 2.45) is 0 Å². The quantitative estimate of drug-likeness (QED) is 0.449. The summed E-state index contributed by atoms with van der Waals surface area (Å²) in [5.74, 6) is 6.96. The van der Waals surface area contributed by atoms with Gasteiger partial charge in [0.25, 0.3) is 0 Å². The van der Waals surface area contributed by atoms with Crippen molar-refractivity contribution in [1.82, 2.24) is 14.9 Å². The number of hydrogen-bond acceptors (Lipinski definition) is 6. The summed E-state index contributed by atoms with van der Waals surface area (Å²) in [5.41, 5.74) is 1.81. The lowest BCUT2D eigenvalue weighted by Crippen LogP contribution is -2.11. The predicted molar refractivity (Wildman–Crippen MR) is 86.7 cm³/mol. The summed E-state index contributed by atoms with van der Waals surface area (Å²) < 4.78 is 6.65. The number of hydrogen-bond donors (Lipinski definition) is 1. The van der Waals surface area contributed by atoms with Gasteiger partial charge in [-0.05, 0) is 37.1 Å². The highest BCUT2D eigenvalue weighted by atomic mass is 35.5. The highest BCUT2D eigenvalue weighted by molar-refractivity contribution is 7.98. The van der Waals surface area contributed by atoms with E-state index in [0.29, 0.717) is 27.3 Å². The Morgan fingerprint density at radius 1 is 1.32 bits per heavy atom. The monoisotopic (exact) mass is 336 g/mol. The Balaban J connectivity index is 2.01. The first-order valence-corrected chi connectivity index (χ1v) is 7.85. The van der Waals surface area contributed by atoms with Crippen molar-refractivity contribution in [1.29, 1.82) is 0 Å². The van der Waals surface area contributed by atoms with Crippen molar-refractivity contribution in [3.8, 4) is 0 Å². The van der Waals surface area contributed by atoms with E-state index >= 15 is 0 Å². The van der Waals surface area contributed by atoms with Crippen LogP contribution in [0.25, 0.3) is 11.0 Å². The van der Waals surface area contributed by atoms with Gasteiger partial charge in [-0.25, -0.2) is 9.47 Å². The Labute approximate surface area is 135 Å². The molecule has 3 rings (SSSR count). The highest BCUT2D eigenvalue weighted by Crippen LogP contribution is 2.28. The number of thioether (sulfide) groups is 1. The van der Waals surface area contributed by atoms with E-state index < -0.39 is 5.63 Å². The first-order chi connectivity index (χ1) is 10.5. The van der Waals surface area contributed by atoms with Gasteiger partial charge in [-0.2, -0.15) is 0 Å². The maximum absolute atomic E-state index is 11.7. The maximum atomic E-state index is 11.7. The minimum absolute atomic E-state index is 0.393. The molecule has 0 unspecified atom stereocenters. The smallest absolute Gasteiger partial charge is 0.336 e. The average Bonchev–Trinajstić information content (AvgIpc) is 2.78. The largest absolute Gasteiger partial charge is 0.423 e. The van der Waals surface area contributed by atoms with Gasteiger partial charge in [0.1, 0.15) is 11.4 Å². The van der Waals surface area contributed by atoms with E-state index in [4.69, 9.17) is 21.9 Å². The molecule has 0 amide bonds. The molecule has 6 nitrogen and oxygen atoms in total.